The number of carboxylic acids is 1. The first-order valence-electron chi connectivity index (χ1n) is 7.40. The van der Waals surface area contributed by atoms with Gasteiger partial charge in [-0.3, -0.25) is 4.79 Å². The molecular weight excluding hydrogens is 254 g/mol. The number of carboxylic acid groups (broad SMARTS) is 1. The Morgan fingerprint density at radius 3 is 2.45 bits per heavy atom. The molecule has 1 rings (SSSR count). The van der Waals surface area contributed by atoms with Crippen molar-refractivity contribution in [3.8, 4) is 0 Å². The Balaban J connectivity index is 2.19. The van der Waals surface area contributed by atoms with Gasteiger partial charge in [-0.2, -0.15) is 5.48 Å². The minimum absolute atomic E-state index is 0.544. The lowest BCUT2D eigenvalue weighted by Crippen LogP contribution is -2.29. The first-order chi connectivity index (χ1) is 9.75. The molecule has 4 nitrogen and oxygen atoms in total. The fourth-order valence-electron chi connectivity index (χ4n) is 2.00. The molecule has 1 atom stereocenters. The monoisotopic (exact) mass is 279 g/mol. The van der Waals surface area contributed by atoms with E-state index in [0.29, 0.717) is 12.2 Å². The van der Waals surface area contributed by atoms with E-state index in [2.05, 4.69) is 12.4 Å². The van der Waals surface area contributed by atoms with Crippen LogP contribution in [-0.4, -0.2) is 17.7 Å². The molecule has 0 aliphatic heterocycles. The standard InChI is InChI=1S/C16H25NO3/c1-2-3-4-5-6-10-13-20-17-15(16(18)19)14-11-8-7-9-12-14/h7-9,11-12,15,17H,2-6,10,13H2,1H3,(H,18,19). The molecule has 1 aromatic rings. The third-order valence-corrected chi connectivity index (χ3v) is 3.18. The summed E-state index contributed by atoms with van der Waals surface area (Å²) in [6.07, 6.45) is 7.11. The van der Waals surface area contributed by atoms with Gasteiger partial charge in [0.2, 0.25) is 0 Å². The van der Waals surface area contributed by atoms with Crippen LogP contribution in [0.2, 0.25) is 0 Å². The van der Waals surface area contributed by atoms with Crippen molar-refractivity contribution in [2.24, 2.45) is 0 Å². The van der Waals surface area contributed by atoms with E-state index in [-0.39, 0.29) is 0 Å². The molecule has 0 aliphatic rings. The Morgan fingerprint density at radius 2 is 1.80 bits per heavy atom. The van der Waals surface area contributed by atoms with E-state index < -0.39 is 12.0 Å². The topological polar surface area (TPSA) is 58.6 Å². The Labute approximate surface area is 121 Å². The quantitative estimate of drug-likeness (QED) is 0.479. The van der Waals surface area contributed by atoms with Crippen molar-refractivity contribution in [3.05, 3.63) is 35.9 Å². The molecule has 0 fully saturated rings. The number of hydrogen-bond donors (Lipinski definition) is 2. The lowest BCUT2D eigenvalue weighted by molar-refractivity contribution is -0.144. The van der Waals surface area contributed by atoms with Gasteiger partial charge in [0, 0.05) is 0 Å². The summed E-state index contributed by atoms with van der Waals surface area (Å²) in [6.45, 7) is 2.74. The van der Waals surface area contributed by atoms with Gasteiger partial charge in [0.05, 0.1) is 6.61 Å². The van der Waals surface area contributed by atoms with Gasteiger partial charge in [-0.15, -0.1) is 0 Å². The Bertz CT molecular complexity index is 367. The van der Waals surface area contributed by atoms with Crippen molar-refractivity contribution in [1.29, 1.82) is 0 Å². The summed E-state index contributed by atoms with van der Waals surface area (Å²) in [5, 5.41) is 9.18. The maximum absolute atomic E-state index is 11.2. The number of hydrogen-bond acceptors (Lipinski definition) is 3. The minimum Gasteiger partial charge on any atom is -0.480 e. The number of rotatable bonds is 11. The van der Waals surface area contributed by atoms with Gasteiger partial charge in [-0.05, 0) is 12.0 Å². The number of benzene rings is 1. The molecule has 4 heteroatoms. The zero-order valence-corrected chi connectivity index (χ0v) is 12.2. The molecule has 0 amide bonds. The number of carbonyl (C=O) groups is 1. The fourth-order valence-corrected chi connectivity index (χ4v) is 2.00. The van der Waals surface area contributed by atoms with E-state index >= 15 is 0 Å². The van der Waals surface area contributed by atoms with Crippen molar-refractivity contribution in [2.75, 3.05) is 6.61 Å². The summed E-state index contributed by atoms with van der Waals surface area (Å²) in [7, 11) is 0. The summed E-state index contributed by atoms with van der Waals surface area (Å²) in [6, 6.07) is 8.25. The maximum atomic E-state index is 11.2. The van der Waals surface area contributed by atoms with Crippen molar-refractivity contribution in [2.45, 2.75) is 51.5 Å². The average Bonchev–Trinajstić information content (AvgIpc) is 2.46. The minimum atomic E-state index is -0.931. The van der Waals surface area contributed by atoms with E-state index in [0.717, 1.165) is 12.8 Å². The predicted octanol–water partition coefficient (Wildman–Crippen LogP) is 3.69. The highest BCUT2D eigenvalue weighted by Crippen LogP contribution is 2.12. The van der Waals surface area contributed by atoms with Crippen LogP contribution in [0.5, 0.6) is 0 Å². The van der Waals surface area contributed by atoms with Crippen molar-refractivity contribution >= 4 is 5.97 Å². The SMILES string of the molecule is CCCCCCCCONC(C(=O)O)c1ccccc1. The Morgan fingerprint density at radius 1 is 1.15 bits per heavy atom. The molecule has 0 saturated carbocycles. The second-order valence-corrected chi connectivity index (χ2v) is 4.92. The van der Waals surface area contributed by atoms with Gasteiger partial charge < -0.3 is 9.94 Å². The third-order valence-electron chi connectivity index (χ3n) is 3.18. The van der Waals surface area contributed by atoms with Crippen LogP contribution in [0.1, 0.15) is 57.1 Å². The van der Waals surface area contributed by atoms with Crippen molar-refractivity contribution in [3.63, 3.8) is 0 Å². The first-order valence-corrected chi connectivity index (χ1v) is 7.40. The summed E-state index contributed by atoms with van der Waals surface area (Å²) in [4.78, 5) is 16.5. The fraction of sp³-hybridized carbons (Fsp3) is 0.562. The van der Waals surface area contributed by atoms with Crippen LogP contribution in [0.4, 0.5) is 0 Å². The van der Waals surface area contributed by atoms with Crippen LogP contribution in [-0.2, 0) is 9.63 Å². The average molecular weight is 279 g/mol. The van der Waals surface area contributed by atoms with Gasteiger partial charge in [0.25, 0.3) is 0 Å². The molecule has 2 N–H and O–H groups in total. The number of hydroxylamine groups is 1. The Hall–Kier alpha value is -1.39. The molecule has 20 heavy (non-hydrogen) atoms. The molecule has 0 saturated heterocycles. The molecule has 0 bridgehead atoms. The Kier molecular flexibility index (Phi) is 8.67. The van der Waals surface area contributed by atoms with Gasteiger partial charge in [0.1, 0.15) is 0 Å². The molecule has 1 unspecified atom stereocenters. The van der Waals surface area contributed by atoms with E-state index in [9.17, 15) is 9.90 Å². The zero-order valence-electron chi connectivity index (χ0n) is 12.2. The van der Waals surface area contributed by atoms with Crippen LogP contribution in [0.3, 0.4) is 0 Å². The highest BCUT2D eigenvalue weighted by molar-refractivity contribution is 5.75. The molecule has 0 aromatic heterocycles. The highest BCUT2D eigenvalue weighted by Gasteiger charge is 2.18. The molecule has 0 spiro atoms. The second kappa shape index (κ2) is 10.4. The normalized spacial score (nSPS) is 12.2. The van der Waals surface area contributed by atoms with Crippen molar-refractivity contribution in [1.82, 2.24) is 5.48 Å². The van der Waals surface area contributed by atoms with Crippen LogP contribution in [0, 0.1) is 0 Å². The molecule has 1 aromatic carbocycles. The van der Waals surface area contributed by atoms with Gasteiger partial charge >= 0.3 is 5.97 Å². The van der Waals surface area contributed by atoms with Crippen LogP contribution < -0.4 is 5.48 Å². The van der Waals surface area contributed by atoms with Gasteiger partial charge in [-0.1, -0.05) is 69.4 Å². The smallest absolute Gasteiger partial charge is 0.327 e. The van der Waals surface area contributed by atoms with Crippen LogP contribution in [0.25, 0.3) is 0 Å². The first kappa shape index (κ1) is 16.7. The number of aliphatic carboxylic acids is 1. The van der Waals surface area contributed by atoms with Crippen LogP contribution in [0.15, 0.2) is 30.3 Å². The molecule has 0 aliphatic carbocycles. The predicted molar refractivity (Wildman–Crippen MR) is 79.3 cm³/mol. The van der Waals surface area contributed by atoms with Crippen LogP contribution >= 0.6 is 0 Å². The molecule has 0 radical (unpaired) electrons. The van der Waals surface area contributed by atoms with Gasteiger partial charge in [0.15, 0.2) is 6.04 Å². The van der Waals surface area contributed by atoms with E-state index in [1.807, 2.05) is 18.2 Å². The lowest BCUT2D eigenvalue weighted by atomic mass is 10.1. The molecule has 112 valence electrons. The molecule has 0 heterocycles. The van der Waals surface area contributed by atoms with Gasteiger partial charge in [-0.25, -0.2) is 0 Å². The van der Waals surface area contributed by atoms with E-state index in [1.54, 1.807) is 12.1 Å². The maximum Gasteiger partial charge on any atom is 0.327 e. The number of unbranched alkanes of at least 4 members (excludes halogenated alkanes) is 5. The summed E-state index contributed by atoms with van der Waals surface area (Å²) < 4.78 is 0. The summed E-state index contributed by atoms with van der Waals surface area (Å²) >= 11 is 0. The van der Waals surface area contributed by atoms with E-state index in [4.69, 9.17) is 4.84 Å². The number of nitrogens with one attached hydrogen (secondary N) is 1. The summed E-state index contributed by atoms with van der Waals surface area (Å²) in [5.74, 6) is -0.931. The summed E-state index contributed by atoms with van der Waals surface area (Å²) in [5.41, 5.74) is 3.34. The lowest BCUT2D eigenvalue weighted by Gasteiger charge is -2.14. The highest BCUT2D eigenvalue weighted by atomic mass is 16.6. The molecular formula is C16H25NO3. The van der Waals surface area contributed by atoms with Crippen molar-refractivity contribution < 1.29 is 14.7 Å². The zero-order chi connectivity index (χ0) is 14.6. The largest absolute Gasteiger partial charge is 0.480 e. The third kappa shape index (κ3) is 6.68. The second-order valence-electron chi connectivity index (χ2n) is 4.92. The van der Waals surface area contributed by atoms with E-state index in [1.165, 1.54) is 25.7 Å².